The third kappa shape index (κ3) is 5.96. The van der Waals surface area contributed by atoms with Crippen LogP contribution in [0.1, 0.15) is 37.7 Å². The Balaban J connectivity index is 1.34. The maximum atomic E-state index is 15.9. The van der Waals surface area contributed by atoms with E-state index in [-0.39, 0.29) is 40.6 Å². The molecule has 6 rings (SSSR count). The smallest absolute Gasteiger partial charge is 0.246 e. The number of rotatable bonds is 9. The number of halogens is 1. The first-order valence-electron chi connectivity index (χ1n) is 14.0. The predicted octanol–water partition coefficient (Wildman–Crippen LogP) is 5.64. The van der Waals surface area contributed by atoms with E-state index in [4.69, 9.17) is 4.74 Å². The molecule has 4 aromatic rings. The van der Waals surface area contributed by atoms with Crippen LogP contribution in [0.3, 0.4) is 0 Å². The molecule has 0 bridgehead atoms. The van der Waals surface area contributed by atoms with Gasteiger partial charge in [-0.05, 0) is 57.2 Å². The lowest BCUT2D eigenvalue weighted by Crippen LogP contribution is -2.38. The minimum Gasteiger partial charge on any atom is -0.436 e. The molecule has 214 valence electrons. The summed E-state index contributed by atoms with van der Waals surface area (Å²) < 4.78 is 50.5. The molecule has 3 N–H and O–H groups in total. The second-order valence-corrected chi connectivity index (χ2v) is 12.6. The third-order valence-corrected chi connectivity index (χ3v) is 9.24. The summed E-state index contributed by atoms with van der Waals surface area (Å²) in [5.41, 5.74) is 1.33. The zero-order valence-corrected chi connectivity index (χ0v) is 23.7. The van der Waals surface area contributed by atoms with E-state index in [1.165, 1.54) is 6.20 Å². The van der Waals surface area contributed by atoms with Crippen LogP contribution in [0.2, 0.25) is 0 Å². The largest absolute Gasteiger partial charge is 0.436 e. The van der Waals surface area contributed by atoms with E-state index in [0.29, 0.717) is 16.5 Å². The average Bonchev–Trinajstić information content (AvgIpc) is 2.96. The lowest BCUT2D eigenvalue weighted by molar-refractivity contribution is 0.347. The highest BCUT2D eigenvalue weighted by Gasteiger charge is 2.28. The molecule has 1 aliphatic heterocycles. The highest BCUT2D eigenvalue weighted by Crippen LogP contribution is 2.42. The lowest BCUT2D eigenvalue weighted by atomic mass is 9.87. The fourth-order valence-corrected chi connectivity index (χ4v) is 6.99. The van der Waals surface area contributed by atoms with Gasteiger partial charge in [0.2, 0.25) is 15.9 Å². The Kier molecular flexibility index (Phi) is 7.72. The monoisotopic (exact) mass is 576 g/mol. The van der Waals surface area contributed by atoms with E-state index in [0.717, 1.165) is 56.6 Å². The minimum atomic E-state index is -3.72. The van der Waals surface area contributed by atoms with Crippen LogP contribution < -0.4 is 20.1 Å². The van der Waals surface area contributed by atoms with Gasteiger partial charge >= 0.3 is 0 Å². The molecule has 1 saturated carbocycles. The van der Waals surface area contributed by atoms with Crippen LogP contribution in [-0.4, -0.2) is 48.3 Å². The van der Waals surface area contributed by atoms with Crippen molar-refractivity contribution in [2.45, 2.75) is 45.1 Å². The van der Waals surface area contributed by atoms with Crippen molar-refractivity contribution in [1.29, 1.82) is 0 Å². The van der Waals surface area contributed by atoms with Gasteiger partial charge in [-0.2, -0.15) is 0 Å². The van der Waals surface area contributed by atoms with Gasteiger partial charge in [-0.25, -0.2) is 27.8 Å². The van der Waals surface area contributed by atoms with Gasteiger partial charge in [0.25, 0.3) is 0 Å². The Morgan fingerprint density at radius 3 is 2.59 bits per heavy atom. The van der Waals surface area contributed by atoms with Gasteiger partial charge in [-0.3, -0.25) is 4.72 Å². The molecule has 1 unspecified atom stereocenters. The van der Waals surface area contributed by atoms with E-state index in [9.17, 15) is 8.42 Å². The molecule has 2 fully saturated rings. The van der Waals surface area contributed by atoms with Crippen LogP contribution in [0.25, 0.3) is 22.0 Å². The number of ether oxygens (including phenoxy) is 1. The third-order valence-electron chi connectivity index (χ3n) is 7.81. The maximum absolute atomic E-state index is 15.9. The summed E-state index contributed by atoms with van der Waals surface area (Å²) in [6, 6.07) is 11.0. The summed E-state index contributed by atoms with van der Waals surface area (Å²) in [4.78, 5) is 13.4. The zero-order chi connectivity index (χ0) is 28.4. The molecule has 2 aromatic heterocycles. The van der Waals surface area contributed by atoms with Crippen LogP contribution >= 0.6 is 0 Å². The Morgan fingerprint density at radius 1 is 1.02 bits per heavy atom. The number of nitrogens with one attached hydrogen (secondary N) is 3. The van der Waals surface area contributed by atoms with Gasteiger partial charge in [0.1, 0.15) is 17.3 Å². The SMILES string of the molecule is Cc1c(F)c(NS(=O)(=O)CC2CCC2)c2ccccc2c1Oc1nccnc1-c1ccnc(NC2CCCNC2)c1. The van der Waals surface area contributed by atoms with E-state index >= 15 is 4.39 Å². The second kappa shape index (κ2) is 11.6. The van der Waals surface area contributed by atoms with E-state index in [2.05, 4.69) is 30.3 Å². The highest BCUT2D eigenvalue weighted by molar-refractivity contribution is 7.92. The van der Waals surface area contributed by atoms with Crippen molar-refractivity contribution in [2.24, 2.45) is 5.92 Å². The number of fused-ring (bicyclic) bond motifs is 1. The topological polar surface area (TPSA) is 118 Å². The van der Waals surface area contributed by atoms with Gasteiger partial charge in [-0.1, -0.05) is 30.7 Å². The molecule has 0 spiro atoms. The van der Waals surface area contributed by atoms with Crippen molar-refractivity contribution in [2.75, 3.05) is 28.9 Å². The standard InChI is InChI=1S/C30H33FN6O3S/c1-19-26(31)28(37-41(38,39)18-20-6-4-7-20)23-9-2-3-10-24(23)29(19)40-30-27(34-14-15-35-30)21-11-13-33-25(16-21)36-22-8-5-12-32-17-22/h2-3,9-11,13-16,20,22,32,37H,4-8,12,17-18H2,1H3,(H,33,36). The number of benzene rings is 2. The van der Waals surface area contributed by atoms with Gasteiger partial charge in [0.05, 0.1) is 11.4 Å². The molecular formula is C30H33FN6O3S. The van der Waals surface area contributed by atoms with Crippen LogP contribution in [0, 0.1) is 18.7 Å². The van der Waals surface area contributed by atoms with Crippen LogP contribution in [-0.2, 0) is 10.0 Å². The number of piperidine rings is 1. The summed E-state index contributed by atoms with van der Waals surface area (Å²) in [7, 11) is -3.72. The molecule has 41 heavy (non-hydrogen) atoms. The molecule has 2 aromatic carbocycles. The van der Waals surface area contributed by atoms with Crippen molar-refractivity contribution in [3.05, 3.63) is 66.4 Å². The summed E-state index contributed by atoms with van der Waals surface area (Å²) in [6.45, 7) is 3.47. The first-order chi connectivity index (χ1) is 19.9. The maximum Gasteiger partial charge on any atom is 0.246 e. The molecule has 9 nitrogen and oxygen atoms in total. The molecule has 0 amide bonds. The first-order valence-corrected chi connectivity index (χ1v) is 15.7. The van der Waals surface area contributed by atoms with Gasteiger partial charge < -0.3 is 15.4 Å². The highest BCUT2D eigenvalue weighted by atomic mass is 32.2. The van der Waals surface area contributed by atoms with Crippen LogP contribution in [0.4, 0.5) is 15.9 Å². The van der Waals surface area contributed by atoms with Gasteiger partial charge in [0.15, 0.2) is 5.82 Å². The fraction of sp³-hybridized carbons (Fsp3) is 0.367. The molecule has 3 heterocycles. The van der Waals surface area contributed by atoms with E-state index in [1.807, 2.05) is 12.1 Å². The zero-order valence-electron chi connectivity index (χ0n) is 22.9. The first kappa shape index (κ1) is 27.3. The summed E-state index contributed by atoms with van der Waals surface area (Å²) in [6.07, 6.45) is 9.75. The van der Waals surface area contributed by atoms with Gasteiger partial charge in [-0.15, -0.1) is 0 Å². The number of pyridine rings is 1. The number of nitrogens with zero attached hydrogens (tertiary/aromatic N) is 3. The van der Waals surface area contributed by atoms with Crippen LogP contribution in [0.5, 0.6) is 11.6 Å². The second-order valence-electron chi connectivity index (χ2n) is 10.8. The predicted molar refractivity (Wildman–Crippen MR) is 158 cm³/mol. The van der Waals surface area contributed by atoms with Crippen molar-refractivity contribution in [1.82, 2.24) is 20.3 Å². The number of anilines is 2. The van der Waals surface area contributed by atoms with Crippen molar-refractivity contribution >= 4 is 32.3 Å². The Morgan fingerprint density at radius 2 is 1.83 bits per heavy atom. The van der Waals surface area contributed by atoms with Crippen LogP contribution in [0.15, 0.2) is 55.0 Å². The van der Waals surface area contributed by atoms with Crippen molar-refractivity contribution in [3.63, 3.8) is 0 Å². The minimum absolute atomic E-state index is 0.0128. The Labute approximate surface area is 239 Å². The quantitative estimate of drug-likeness (QED) is 0.234. The molecule has 0 radical (unpaired) electrons. The van der Waals surface area contributed by atoms with E-state index < -0.39 is 15.8 Å². The molecule has 11 heteroatoms. The molecule has 1 atom stereocenters. The summed E-state index contributed by atoms with van der Waals surface area (Å²) in [5, 5.41) is 7.84. The molecule has 2 aliphatic rings. The average molecular weight is 577 g/mol. The van der Waals surface area contributed by atoms with E-state index in [1.54, 1.807) is 43.6 Å². The van der Waals surface area contributed by atoms with Crippen molar-refractivity contribution < 1.29 is 17.5 Å². The fourth-order valence-electron chi connectivity index (χ4n) is 5.44. The Bertz CT molecular complexity index is 1670. The molecular weight excluding hydrogens is 543 g/mol. The Hall–Kier alpha value is -3.83. The normalized spacial score (nSPS) is 17.7. The number of hydrogen-bond donors (Lipinski definition) is 3. The van der Waals surface area contributed by atoms with Crippen molar-refractivity contribution in [3.8, 4) is 22.9 Å². The van der Waals surface area contributed by atoms with Gasteiger partial charge in [0, 0.05) is 53.1 Å². The summed E-state index contributed by atoms with van der Waals surface area (Å²) in [5.74, 6) is 0.597. The summed E-state index contributed by atoms with van der Waals surface area (Å²) >= 11 is 0. The number of aromatic nitrogens is 3. The molecule has 1 saturated heterocycles. The number of sulfonamides is 1. The lowest BCUT2D eigenvalue weighted by Gasteiger charge is -2.25. The molecule has 1 aliphatic carbocycles. The number of hydrogen-bond acceptors (Lipinski definition) is 8.